The maximum absolute atomic E-state index is 5.94. The van der Waals surface area contributed by atoms with Gasteiger partial charge in [-0.2, -0.15) is 4.98 Å². The second-order valence-electron chi connectivity index (χ2n) is 5.67. The van der Waals surface area contributed by atoms with Gasteiger partial charge in [-0.25, -0.2) is 15.0 Å². The molecule has 126 valence electrons. The Bertz CT molecular complexity index is 733. The molecule has 0 amide bonds. The molecule has 1 atom stereocenters. The summed E-state index contributed by atoms with van der Waals surface area (Å²) in [6, 6.07) is 0. The summed E-state index contributed by atoms with van der Waals surface area (Å²) in [5.74, 6) is 2.42. The molecular formula is C15H18N6O3. The van der Waals surface area contributed by atoms with Crippen molar-refractivity contribution in [3.63, 3.8) is 0 Å². The first-order valence-corrected chi connectivity index (χ1v) is 7.83. The van der Waals surface area contributed by atoms with Gasteiger partial charge in [0.05, 0.1) is 18.8 Å². The van der Waals surface area contributed by atoms with Gasteiger partial charge >= 0.3 is 0 Å². The maximum Gasteiger partial charge on any atom is 0.263 e. The van der Waals surface area contributed by atoms with Crippen LogP contribution in [0.1, 0.15) is 6.92 Å². The Morgan fingerprint density at radius 1 is 1.17 bits per heavy atom. The Labute approximate surface area is 138 Å². The van der Waals surface area contributed by atoms with Crippen molar-refractivity contribution in [3.05, 3.63) is 12.4 Å². The van der Waals surface area contributed by atoms with Crippen molar-refractivity contribution in [2.45, 2.75) is 13.0 Å². The van der Waals surface area contributed by atoms with E-state index in [9.17, 15) is 0 Å². The summed E-state index contributed by atoms with van der Waals surface area (Å²) in [7, 11) is 0. The predicted molar refractivity (Wildman–Crippen MR) is 86.1 cm³/mol. The highest BCUT2D eigenvalue weighted by molar-refractivity contribution is 5.65. The summed E-state index contributed by atoms with van der Waals surface area (Å²) in [5.41, 5.74) is 6.22. The molecule has 2 N–H and O–H groups in total. The molecule has 1 saturated heterocycles. The molecule has 24 heavy (non-hydrogen) atoms. The van der Waals surface area contributed by atoms with Gasteiger partial charge in [0.2, 0.25) is 11.7 Å². The Kier molecular flexibility index (Phi) is 3.77. The molecule has 4 heterocycles. The second-order valence-corrected chi connectivity index (χ2v) is 5.67. The SMILES string of the molecule is CC1COc2nc(-c3cnc(N)nc3)nc(N3CCOCC3)c2O1. The number of nitrogens with zero attached hydrogens (tertiary/aromatic N) is 5. The highest BCUT2D eigenvalue weighted by Crippen LogP contribution is 2.39. The summed E-state index contributed by atoms with van der Waals surface area (Å²) >= 11 is 0. The first-order valence-electron chi connectivity index (χ1n) is 7.83. The van der Waals surface area contributed by atoms with Crippen molar-refractivity contribution in [1.82, 2.24) is 19.9 Å². The monoisotopic (exact) mass is 330 g/mol. The van der Waals surface area contributed by atoms with Gasteiger partial charge in [-0.1, -0.05) is 0 Å². The van der Waals surface area contributed by atoms with Crippen molar-refractivity contribution in [1.29, 1.82) is 0 Å². The third kappa shape index (κ3) is 2.78. The lowest BCUT2D eigenvalue weighted by Crippen LogP contribution is -2.38. The minimum absolute atomic E-state index is 0.0494. The van der Waals surface area contributed by atoms with E-state index in [1.807, 2.05) is 6.92 Å². The van der Waals surface area contributed by atoms with Crippen LogP contribution in [-0.2, 0) is 4.74 Å². The number of rotatable bonds is 2. The summed E-state index contributed by atoms with van der Waals surface area (Å²) in [6.45, 7) is 5.17. The maximum atomic E-state index is 5.94. The van der Waals surface area contributed by atoms with Crippen LogP contribution in [0.4, 0.5) is 11.8 Å². The number of hydrogen-bond donors (Lipinski definition) is 1. The highest BCUT2D eigenvalue weighted by Gasteiger charge is 2.28. The minimum atomic E-state index is -0.0494. The lowest BCUT2D eigenvalue weighted by molar-refractivity contribution is 0.0963. The molecule has 4 rings (SSSR count). The van der Waals surface area contributed by atoms with Crippen molar-refractivity contribution < 1.29 is 14.2 Å². The molecule has 0 aliphatic carbocycles. The molecule has 0 saturated carbocycles. The van der Waals surface area contributed by atoms with Gasteiger partial charge < -0.3 is 24.8 Å². The van der Waals surface area contributed by atoms with E-state index in [0.717, 1.165) is 13.1 Å². The predicted octanol–water partition coefficient (Wildman–Crippen LogP) is 0.512. The Hall–Kier alpha value is -2.68. The van der Waals surface area contributed by atoms with Crippen molar-refractivity contribution in [2.24, 2.45) is 0 Å². The van der Waals surface area contributed by atoms with Crippen molar-refractivity contribution >= 4 is 11.8 Å². The largest absolute Gasteiger partial charge is 0.479 e. The van der Waals surface area contributed by atoms with Crippen LogP contribution in [0.15, 0.2) is 12.4 Å². The normalized spacial score (nSPS) is 20.0. The van der Waals surface area contributed by atoms with Crippen LogP contribution in [0.3, 0.4) is 0 Å². The molecule has 2 aliphatic rings. The smallest absolute Gasteiger partial charge is 0.263 e. The van der Waals surface area contributed by atoms with E-state index >= 15 is 0 Å². The molecule has 9 heteroatoms. The van der Waals surface area contributed by atoms with E-state index in [-0.39, 0.29) is 12.1 Å². The van der Waals surface area contributed by atoms with Crippen LogP contribution < -0.4 is 20.1 Å². The van der Waals surface area contributed by atoms with Gasteiger partial charge in [-0.15, -0.1) is 0 Å². The van der Waals surface area contributed by atoms with Gasteiger partial charge in [-0.3, -0.25) is 0 Å². The summed E-state index contributed by atoms with van der Waals surface area (Å²) in [4.78, 5) is 19.3. The quantitative estimate of drug-likeness (QED) is 0.842. The zero-order valence-corrected chi connectivity index (χ0v) is 13.3. The second kappa shape index (κ2) is 6.08. The van der Waals surface area contributed by atoms with E-state index in [0.29, 0.717) is 48.7 Å². The molecule has 0 spiro atoms. The number of nitrogens with two attached hydrogens (primary N) is 1. The Morgan fingerprint density at radius 3 is 2.67 bits per heavy atom. The third-order valence-corrected chi connectivity index (χ3v) is 3.83. The summed E-state index contributed by atoms with van der Waals surface area (Å²) in [5, 5.41) is 0. The van der Waals surface area contributed by atoms with E-state index < -0.39 is 0 Å². The molecule has 2 aliphatic heterocycles. The van der Waals surface area contributed by atoms with Crippen LogP contribution in [0.5, 0.6) is 11.6 Å². The zero-order chi connectivity index (χ0) is 16.5. The van der Waals surface area contributed by atoms with Crippen LogP contribution in [-0.4, -0.2) is 59.0 Å². The molecule has 0 aromatic carbocycles. The number of nitrogen functional groups attached to an aromatic ring is 1. The molecule has 1 unspecified atom stereocenters. The number of hydrogen-bond acceptors (Lipinski definition) is 9. The number of aromatic nitrogens is 4. The highest BCUT2D eigenvalue weighted by atomic mass is 16.6. The molecule has 2 aromatic rings. The van der Waals surface area contributed by atoms with Crippen molar-refractivity contribution in [2.75, 3.05) is 43.5 Å². The first-order chi connectivity index (χ1) is 11.7. The average Bonchev–Trinajstić information content (AvgIpc) is 2.62. The molecule has 0 bridgehead atoms. The first kappa shape index (κ1) is 14.9. The fourth-order valence-corrected chi connectivity index (χ4v) is 2.62. The van der Waals surface area contributed by atoms with Gasteiger partial charge in [0.1, 0.15) is 12.7 Å². The van der Waals surface area contributed by atoms with Crippen LogP contribution in [0.2, 0.25) is 0 Å². The summed E-state index contributed by atoms with van der Waals surface area (Å²) < 4.78 is 17.1. The molecule has 0 radical (unpaired) electrons. The number of ether oxygens (including phenoxy) is 3. The number of fused-ring (bicyclic) bond motifs is 1. The third-order valence-electron chi connectivity index (χ3n) is 3.83. The van der Waals surface area contributed by atoms with E-state index in [4.69, 9.17) is 19.9 Å². The Morgan fingerprint density at radius 2 is 1.92 bits per heavy atom. The van der Waals surface area contributed by atoms with E-state index in [1.165, 1.54) is 0 Å². The van der Waals surface area contributed by atoms with Gasteiger partial charge in [0.25, 0.3) is 5.88 Å². The summed E-state index contributed by atoms with van der Waals surface area (Å²) in [6.07, 6.45) is 3.14. The fourth-order valence-electron chi connectivity index (χ4n) is 2.62. The molecule has 1 fully saturated rings. The van der Waals surface area contributed by atoms with Gasteiger partial charge in [0.15, 0.2) is 11.6 Å². The minimum Gasteiger partial charge on any atom is -0.479 e. The number of anilines is 2. The van der Waals surface area contributed by atoms with Crippen LogP contribution >= 0.6 is 0 Å². The van der Waals surface area contributed by atoms with E-state index in [2.05, 4.69) is 24.8 Å². The number of morpholine rings is 1. The topological polar surface area (TPSA) is 109 Å². The Balaban J connectivity index is 1.79. The van der Waals surface area contributed by atoms with Gasteiger partial charge in [-0.05, 0) is 6.92 Å². The van der Waals surface area contributed by atoms with Crippen molar-refractivity contribution in [3.8, 4) is 23.0 Å². The molecular weight excluding hydrogens is 312 g/mol. The average molecular weight is 330 g/mol. The van der Waals surface area contributed by atoms with Gasteiger partial charge in [0, 0.05) is 25.5 Å². The zero-order valence-electron chi connectivity index (χ0n) is 13.3. The molecule has 2 aromatic heterocycles. The van der Waals surface area contributed by atoms with Crippen LogP contribution in [0.25, 0.3) is 11.4 Å². The lowest BCUT2D eigenvalue weighted by atomic mass is 10.3. The van der Waals surface area contributed by atoms with Crippen LogP contribution in [0, 0.1) is 0 Å². The fraction of sp³-hybridized carbons (Fsp3) is 0.467. The lowest BCUT2D eigenvalue weighted by Gasteiger charge is -2.32. The van der Waals surface area contributed by atoms with E-state index in [1.54, 1.807) is 12.4 Å². The standard InChI is InChI=1S/C15H18N6O3/c1-9-8-23-14-11(24-9)13(21-2-4-22-5-3-21)19-12(20-14)10-6-17-15(16)18-7-10/h6-7,9H,2-5,8H2,1H3,(H2,16,17,18). The molecule has 9 nitrogen and oxygen atoms in total.